The van der Waals surface area contributed by atoms with Crippen LogP contribution in [0.25, 0.3) is 83.9 Å². The van der Waals surface area contributed by atoms with Crippen LogP contribution < -0.4 is 15.2 Å². The van der Waals surface area contributed by atoms with Crippen LogP contribution in [0.15, 0.2) is 224 Å². The Kier molecular flexibility index (Phi) is 14.8. The lowest BCUT2D eigenvalue weighted by molar-refractivity contribution is 0.1000. The van der Waals surface area contributed by atoms with E-state index in [0.29, 0.717) is 35.9 Å². The van der Waals surface area contributed by atoms with Crippen molar-refractivity contribution < 1.29 is 14.3 Å². The number of hydrogen-bond acceptors (Lipinski definition) is 12. The zero-order chi connectivity index (χ0) is 55.9. The van der Waals surface area contributed by atoms with Crippen LogP contribution in [0.4, 0.5) is 0 Å². The van der Waals surface area contributed by atoms with Gasteiger partial charge < -0.3 is 20.2 Å². The number of aryl methyl sites for hydroxylation is 2. The van der Waals surface area contributed by atoms with Crippen molar-refractivity contribution in [1.29, 1.82) is 0 Å². The molecule has 7 aromatic heterocycles. The third kappa shape index (κ3) is 11.3. The van der Waals surface area contributed by atoms with Gasteiger partial charge in [0.05, 0.1) is 51.8 Å². The second kappa shape index (κ2) is 23.4. The van der Waals surface area contributed by atoms with Gasteiger partial charge in [-0.2, -0.15) is 5.10 Å². The summed E-state index contributed by atoms with van der Waals surface area (Å²) in [4.78, 5) is 47.6. The van der Waals surface area contributed by atoms with E-state index >= 15 is 0 Å². The molecule has 5 aromatic carbocycles. The molecule has 0 spiro atoms. The standard InChI is InChI=1S/C26H20N4S.C22H16N4O3.C19H15N3/c1-18-8-7-13-24(28-18)26-22(20-14-15-27-23-12-6-5-11-21(20)23)17-30(29-26)25(31)16-19-9-3-2-4-10-19;23-21(27)13-4-6-14(7-5-13)22-25-19(20(26-22)16-3-1-2-10-24-16)15-8-9-17-18(11-15)29-12-28-17;1-13-4-2-6-18(22-13)19-16(9-11-21-19)14-7-8-17-15(12-14)5-3-10-20-17/h2-15,17H,16H2,1H3;1-11H,12H2,(H2,23,27)(H,25,26);2-10,12H,11H2,1H3. The normalized spacial score (nSPS) is 12.2. The van der Waals surface area contributed by atoms with Crippen LogP contribution in [0.2, 0.25) is 0 Å². The van der Waals surface area contributed by atoms with Gasteiger partial charge in [-0.25, -0.2) is 9.67 Å². The number of allylic oxidation sites excluding steroid dienone is 1. The molecule has 0 atom stereocenters. The van der Waals surface area contributed by atoms with Crippen LogP contribution in [0.1, 0.15) is 38.6 Å². The number of nitrogens with one attached hydrogen (secondary N) is 1. The smallest absolute Gasteiger partial charge is 0.248 e. The molecule has 12 aromatic rings. The average Bonchev–Trinajstić information content (AvgIpc) is 4.57. The molecule has 0 fully saturated rings. The topological polar surface area (TPSA) is 185 Å². The molecular weight excluding hydrogens is 1040 g/mol. The number of ether oxygens (including phenoxy) is 2. The number of benzene rings is 5. The number of para-hydroxylation sites is 1. The number of thiocarbonyl (C=S) groups is 1. The maximum absolute atomic E-state index is 11.3. The molecule has 14 rings (SSSR count). The van der Waals surface area contributed by atoms with Gasteiger partial charge in [-0.3, -0.25) is 34.7 Å². The zero-order valence-electron chi connectivity index (χ0n) is 44.6. The first-order valence-electron chi connectivity index (χ1n) is 26.5. The van der Waals surface area contributed by atoms with E-state index in [2.05, 4.69) is 78.5 Å². The summed E-state index contributed by atoms with van der Waals surface area (Å²) in [5.41, 5.74) is 22.8. The molecule has 14 nitrogen and oxygen atoms in total. The van der Waals surface area contributed by atoms with Gasteiger partial charge in [0.15, 0.2) is 11.5 Å². The molecule has 0 bridgehead atoms. The molecule has 0 saturated carbocycles. The Bertz CT molecular complexity index is 4400. The van der Waals surface area contributed by atoms with E-state index in [9.17, 15) is 4.79 Å². The SMILES string of the molecule is Cc1cccc(-c2nn(C(=S)Cc3ccccc3)cc2-c2ccnc3ccccc23)n1.Cc1cccc(C2=NCC=C2c2ccc3ncccc3c2)n1.NC(=O)c1ccc(-c2nc(-c3ccc4c(c3)OCO4)c(-c3ccccn3)[nH]2)cc1. The van der Waals surface area contributed by atoms with E-state index in [1.54, 1.807) is 18.3 Å². The van der Waals surface area contributed by atoms with Crippen LogP contribution >= 0.6 is 12.2 Å². The molecule has 0 radical (unpaired) electrons. The summed E-state index contributed by atoms with van der Waals surface area (Å²) in [5, 5.41) is 7.11. The largest absolute Gasteiger partial charge is 0.454 e. The molecule has 398 valence electrons. The predicted molar refractivity (Wildman–Crippen MR) is 327 cm³/mol. The molecule has 2 aliphatic rings. The highest BCUT2D eigenvalue weighted by atomic mass is 32.1. The van der Waals surface area contributed by atoms with Crippen molar-refractivity contribution in [1.82, 2.24) is 44.7 Å². The lowest BCUT2D eigenvalue weighted by Gasteiger charge is -2.09. The third-order valence-corrected chi connectivity index (χ3v) is 14.1. The van der Waals surface area contributed by atoms with Crippen LogP contribution in [0.5, 0.6) is 11.5 Å². The van der Waals surface area contributed by atoms with Crippen molar-refractivity contribution in [2.75, 3.05) is 13.3 Å². The minimum atomic E-state index is -0.466. The summed E-state index contributed by atoms with van der Waals surface area (Å²) in [5.74, 6) is 1.59. The van der Waals surface area contributed by atoms with Crippen LogP contribution in [0.3, 0.4) is 0 Å². The zero-order valence-corrected chi connectivity index (χ0v) is 45.5. The van der Waals surface area contributed by atoms with Crippen LogP contribution in [0, 0.1) is 13.8 Å². The van der Waals surface area contributed by atoms with E-state index in [4.69, 9.17) is 42.5 Å². The number of hydrogen-bond donors (Lipinski definition) is 2. The van der Waals surface area contributed by atoms with Gasteiger partial charge in [-0.15, -0.1) is 0 Å². The Hall–Kier alpha value is -10.6. The molecule has 0 saturated heterocycles. The Balaban J connectivity index is 0.000000123. The number of fused-ring (bicyclic) bond motifs is 3. The average molecular weight is 1090 g/mol. The lowest BCUT2D eigenvalue weighted by Crippen LogP contribution is -2.12. The molecule has 3 N–H and O–H groups in total. The first-order valence-corrected chi connectivity index (χ1v) is 26.9. The number of aromatic amines is 1. The first-order chi connectivity index (χ1) is 40.2. The molecular formula is C67H51N11O3S. The van der Waals surface area contributed by atoms with Gasteiger partial charge in [0.2, 0.25) is 12.7 Å². The van der Waals surface area contributed by atoms with E-state index < -0.39 is 5.91 Å². The number of nitrogens with zero attached hydrogens (tertiary/aromatic N) is 9. The number of aliphatic imine (C=N–C) groups is 1. The summed E-state index contributed by atoms with van der Waals surface area (Å²) < 4.78 is 12.7. The molecule has 1 amide bonds. The number of primary amides is 1. The monoisotopic (exact) mass is 1090 g/mol. The minimum absolute atomic E-state index is 0.212. The number of pyridine rings is 5. The Morgan fingerprint density at radius 2 is 1.33 bits per heavy atom. The number of H-pyrrole nitrogens is 1. The Morgan fingerprint density at radius 1 is 0.610 bits per heavy atom. The maximum Gasteiger partial charge on any atom is 0.248 e. The quantitative estimate of drug-likeness (QED) is 0.124. The number of nitrogens with two attached hydrogens (primary N) is 1. The number of aromatic nitrogens is 9. The summed E-state index contributed by atoms with van der Waals surface area (Å²) in [6, 6.07) is 61.2. The van der Waals surface area contributed by atoms with Crippen LogP contribution in [-0.4, -0.2) is 74.6 Å². The van der Waals surface area contributed by atoms with Gasteiger partial charge in [-0.1, -0.05) is 109 Å². The second-order valence-electron chi connectivity index (χ2n) is 19.3. The first kappa shape index (κ1) is 52.1. The fourth-order valence-electron chi connectivity index (χ4n) is 9.80. The third-order valence-electron chi connectivity index (χ3n) is 13.8. The second-order valence-corrected chi connectivity index (χ2v) is 19.8. The summed E-state index contributed by atoms with van der Waals surface area (Å²) >= 11 is 5.76. The summed E-state index contributed by atoms with van der Waals surface area (Å²) in [7, 11) is 0. The van der Waals surface area contributed by atoms with Gasteiger partial charge >= 0.3 is 0 Å². The van der Waals surface area contributed by atoms with Gasteiger partial charge in [0.25, 0.3) is 0 Å². The van der Waals surface area contributed by atoms with Crippen molar-refractivity contribution >= 4 is 56.2 Å². The summed E-state index contributed by atoms with van der Waals surface area (Å²) in [6.07, 6.45) is 10.2. The van der Waals surface area contributed by atoms with Crippen molar-refractivity contribution in [3.63, 3.8) is 0 Å². The number of carbonyl (C=O) groups excluding carboxylic acids is 1. The number of imidazole rings is 1. The highest BCUT2D eigenvalue weighted by Crippen LogP contribution is 2.40. The van der Waals surface area contributed by atoms with Crippen LogP contribution in [-0.2, 0) is 6.42 Å². The van der Waals surface area contributed by atoms with E-state index in [0.717, 1.165) is 111 Å². The lowest BCUT2D eigenvalue weighted by atomic mass is 9.98. The number of amides is 1. The minimum Gasteiger partial charge on any atom is -0.454 e. The highest BCUT2D eigenvalue weighted by Gasteiger charge is 2.22. The van der Waals surface area contributed by atoms with E-state index in [1.807, 2.05) is 171 Å². The highest BCUT2D eigenvalue weighted by molar-refractivity contribution is 7.80. The van der Waals surface area contributed by atoms with Gasteiger partial charge in [-0.05, 0) is 128 Å². The fourth-order valence-corrected chi connectivity index (χ4v) is 10.1. The Morgan fingerprint density at radius 3 is 2.13 bits per heavy atom. The van der Waals surface area contributed by atoms with Gasteiger partial charge in [0.1, 0.15) is 16.5 Å². The molecule has 15 heteroatoms. The van der Waals surface area contributed by atoms with Gasteiger partial charge in [0, 0.05) is 81.2 Å². The van der Waals surface area contributed by atoms with Crippen molar-refractivity contribution in [3.8, 4) is 68.0 Å². The Labute approximate surface area is 477 Å². The maximum atomic E-state index is 11.3. The molecule has 9 heterocycles. The van der Waals surface area contributed by atoms with E-state index in [-0.39, 0.29) is 6.79 Å². The molecule has 2 aliphatic heterocycles. The van der Waals surface area contributed by atoms with Crippen molar-refractivity contribution in [2.24, 2.45) is 10.7 Å². The predicted octanol–water partition coefficient (Wildman–Crippen LogP) is 13.3. The molecule has 82 heavy (non-hydrogen) atoms. The number of carbonyl (C=O) groups is 1. The molecule has 0 aliphatic carbocycles. The summed E-state index contributed by atoms with van der Waals surface area (Å²) in [6.45, 7) is 4.92. The van der Waals surface area contributed by atoms with Crippen molar-refractivity contribution in [2.45, 2.75) is 20.3 Å². The number of rotatable bonds is 10. The van der Waals surface area contributed by atoms with Crippen molar-refractivity contribution in [3.05, 3.63) is 253 Å². The van der Waals surface area contributed by atoms with E-state index in [1.165, 1.54) is 5.56 Å². The fraction of sp³-hybridized carbons (Fsp3) is 0.0746. The molecule has 0 unspecified atom stereocenters.